The molecule has 1 fully saturated rings. The van der Waals surface area contributed by atoms with Crippen LogP contribution in [0.15, 0.2) is 0 Å². The van der Waals surface area contributed by atoms with Gasteiger partial charge in [0.25, 0.3) is 0 Å². The fourth-order valence-electron chi connectivity index (χ4n) is 2.24. The molecule has 0 spiro atoms. The molecule has 2 atom stereocenters. The molecule has 1 amide bonds. The SMILES string of the molecule is CCOC(=O)CNC(=O)[C@@H]1CCCC[C@@H]1C(=O)O. The minimum absolute atomic E-state index is 0.199. The number of rotatable bonds is 5. The van der Waals surface area contributed by atoms with Gasteiger partial charge in [-0.05, 0) is 19.8 Å². The van der Waals surface area contributed by atoms with Crippen LogP contribution in [0.5, 0.6) is 0 Å². The second kappa shape index (κ2) is 6.98. The molecular weight excluding hydrogens is 238 g/mol. The van der Waals surface area contributed by atoms with Crippen LogP contribution in [0.4, 0.5) is 0 Å². The van der Waals surface area contributed by atoms with Crippen LogP contribution in [-0.2, 0) is 19.1 Å². The quantitative estimate of drug-likeness (QED) is 0.702. The third-order valence-electron chi connectivity index (χ3n) is 3.13. The van der Waals surface area contributed by atoms with Gasteiger partial charge in [-0.1, -0.05) is 12.8 Å². The smallest absolute Gasteiger partial charge is 0.325 e. The van der Waals surface area contributed by atoms with Crippen LogP contribution >= 0.6 is 0 Å². The van der Waals surface area contributed by atoms with Crippen LogP contribution in [0.3, 0.4) is 0 Å². The number of nitrogens with one attached hydrogen (secondary N) is 1. The maximum Gasteiger partial charge on any atom is 0.325 e. The summed E-state index contributed by atoms with van der Waals surface area (Å²) >= 11 is 0. The Bertz CT molecular complexity index is 328. The van der Waals surface area contributed by atoms with E-state index >= 15 is 0 Å². The molecule has 6 nitrogen and oxygen atoms in total. The van der Waals surface area contributed by atoms with E-state index in [1.807, 2.05) is 0 Å². The van der Waals surface area contributed by atoms with Gasteiger partial charge >= 0.3 is 11.9 Å². The first-order chi connectivity index (χ1) is 8.56. The van der Waals surface area contributed by atoms with Crippen LogP contribution in [0.25, 0.3) is 0 Å². The molecule has 1 saturated carbocycles. The molecule has 0 radical (unpaired) electrons. The number of esters is 1. The normalized spacial score (nSPS) is 23.2. The zero-order valence-electron chi connectivity index (χ0n) is 10.5. The molecular formula is C12H19NO5. The summed E-state index contributed by atoms with van der Waals surface area (Å²) in [6, 6.07) is 0. The number of aliphatic carboxylic acids is 1. The minimum atomic E-state index is -0.939. The molecule has 0 aromatic rings. The Labute approximate surface area is 106 Å². The Morgan fingerprint density at radius 1 is 1.22 bits per heavy atom. The van der Waals surface area contributed by atoms with Crippen molar-refractivity contribution in [2.75, 3.05) is 13.2 Å². The lowest BCUT2D eigenvalue weighted by molar-refractivity contribution is -0.149. The predicted octanol–water partition coefficient (Wildman–Crippen LogP) is 0.557. The van der Waals surface area contributed by atoms with Gasteiger partial charge in [0.2, 0.25) is 5.91 Å². The number of carboxylic acid groups (broad SMARTS) is 1. The maximum absolute atomic E-state index is 11.8. The number of hydrogen-bond acceptors (Lipinski definition) is 4. The topological polar surface area (TPSA) is 92.7 Å². The van der Waals surface area contributed by atoms with Gasteiger partial charge in [-0.3, -0.25) is 14.4 Å². The fraction of sp³-hybridized carbons (Fsp3) is 0.750. The maximum atomic E-state index is 11.8. The van der Waals surface area contributed by atoms with E-state index in [2.05, 4.69) is 10.1 Å². The standard InChI is InChI=1S/C12H19NO5/c1-2-18-10(14)7-13-11(15)8-5-3-4-6-9(8)12(16)17/h8-9H,2-7H2,1H3,(H,13,15)(H,16,17)/t8-,9+/m1/s1. The first-order valence-corrected chi connectivity index (χ1v) is 6.22. The lowest BCUT2D eigenvalue weighted by Gasteiger charge is -2.27. The average Bonchev–Trinajstić information content (AvgIpc) is 2.36. The van der Waals surface area contributed by atoms with E-state index in [-0.39, 0.29) is 19.1 Å². The molecule has 1 rings (SSSR count). The molecule has 6 heteroatoms. The highest BCUT2D eigenvalue weighted by Crippen LogP contribution is 2.30. The summed E-state index contributed by atoms with van der Waals surface area (Å²) < 4.78 is 4.68. The number of hydrogen-bond donors (Lipinski definition) is 2. The van der Waals surface area contributed by atoms with Gasteiger partial charge in [0.1, 0.15) is 6.54 Å². The van der Waals surface area contributed by atoms with Crippen LogP contribution in [0, 0.1) is 11.8 Å². The predicted molar refractivity (Wildman–Crippen MR) is 62.7 cm³/mol. The molecule has 0 bridgehead atoms. The van der Waals surface area contributed by atoms with E-state index in [1.54, 1.807) is 6.92 Å². The Morgan fingerprint density at radius 3 is 2.39 bits per heavy atom. The third-order valence-corrected chi connectivity index (χ3v) is 3.13. The molecule has 0 aromatic heterocycles. The first-order valence-electron chi connectivity index (χ1n) is 6.22. The lowest BCUT2D eigenvalue weighted by atomic mass is 9.79. The van der Waals surface area contributed by atoms with Crippen molar-refractivity contribution in [3.63, 3.8) is 0 Å². The molecule has 2 N–H and O–H groups in total. The van der Waals surface area contributed by atoms with Crippen molar-refractivity contribution in [3.05, 3.63) is 0 Å². The van der Waals surface area contributed by atoms with Crippen molar-refractivity contribution in [3.8, 4) is 0 Å². The van der Waals surface area contributed by atoms with Crippen molar-refractivity contribution in [1.29, 1.82) is 0 Å². The molecule has 0 aliphatic heterocycles. The Kier molecular flexibility index (Phi) is 5.61. The van der Waals surface area contributed by atoms with Crippen molar-refractivity contribution in [1.82, 2.24) is 5.32 Å². The van der Waals surface area contributed by atoms with Crippen LogP contribution in [0.2, 0.25) is 0 Å². The monoisotopic (exact) mass is 257 g/mol. The highest BCUT2D eigenvalue weighted by atomic mass is 16.5. The van der Waals surface area contributed by atoms with Gasteiger partial charge in [0.15, 0.2) is 0 Å². The van der Waals surface area contributed by atoms with Crippen LogP contribution in [-0.4, -0.2) is 36.1 Å². The van der Waals surface area contributed by atoms with Gasteiger partial charge in [-0.15, -0.1) is 0 Å². The summed E-state index contributed by atoms with van der Waals surface area (Å²) in [6.07, 6.45) is 2.76. The van der Waals surface area contributed by atoms with E-state index in [0.29, 0.717) is 12.8 Å². The number of ether oxygens (including phenoxy) is 1. The van der Waals surface area contributed by atoms with E-state index < -0.39 is 23.8 Å². The Hall–Kier alpha value is -1.59. The summed E-state index contributed by atoms with van der Waals surface area (Å²) in [4.78, 5) is 34.0. The third kappa shape index (κ3) is 4.01. The van der Waals surface area contributed by atoms with Crippen molar-refractivity contribution < 1.29 is 24.2 Å². The van der Waals surface area contributed by atoms with Gasteiger partial charge < -0.3 is 15.2 Å². The van der Waals surface area contributed by atoms with Crippen LogP contribution < -0.4 is 5.32 Å². The van der Waals surface area contributed by atoms with E-state index in [1.165, 1.54) is 0 Å². The summed E-state index contributed by atoms with van der Waals surface area (Å²) in [5.41, 5.74) is 0. The number of carbonyl (C=O) groups excluding carboxylic acids is 2. The van der Waals surface area contributed by atoms with Crippen molar-refractivity contribution in [2.24, 2.45) is 11.8 Å². The summed E-state index contributed by atoms with van der Waals surface area (Å²) in [6.45, 7) is 1.74. The number of amides is 1. The van der Waals surface area contributed by atoms with E-state index in [4.69, 9.17) is 5.11 Å². The van der Waals surface area contributed by atoms with Crippen molar-refractivity contribution in [2.45, 2.75) is 32.6 Å². The zero-order chi connectivity index (χ0) is 13.5. The number of carbonyl (C=O) groups is 3. The minimum Gasteiger partial charge on any atom is -0.481 e. The Morgan fingerprint density at radius 2 is 1.83 bits per heavy atom. The molecule has 1 aliphatic rings. The first kappa shape index (κ1) is 14.5. The number of carboxylic acids is 1. The zero-order valence-corrected chi connectivity index (χ0v) is 10.5. The summed E-state index contributed by atoms with van der Waals surface area (Å²) in [7, 11) is 0. The van der Waals surface area contributed by atoms with E-state index in [9.17, 15) is 14.4 Å². The van der Waals surface area contributed by atoms with Gasteiger partial charge in [0, 0.05) is 0 Å². The van der Waals surface area contributed by atoms with Gasteiger partial charge in [-0.2, -0.15) is 0 Å². The second-order valence-electron chi connectivity index (χ2n) is 4.36. The molecule has 1 aliphatic carbocycles. The molecule has 0 aromatic carbocycles. The molecule has 0 saturated heterocycles. The Balaban J connectivity index is 2.48. The van der Waals surface area contributed by atoms with Gasteiger partial charge in [-0.25, -0.2) is 0 Å². The van der Waals surface area contributed by atoms with Crippen LogP contribution in [0.1, 0.15) is 32.6 Å². The highest BCUT2D eigenvalue weighted by molar-refractivity contribution is 5.87. The lowest BCUT2D eigenvalue weighted by Crippen LogP contribution is -2.41. The summed E-state index contributed by atoms with van der Waals surface area (Å²) in [5.74, 6) is -2.98. The fourth-order valence-corrected chi connectivity index (χ4v) is 2.24. The van der Waals surface area contributed by atoms with Gasteiger partial charge in [0.05, 0.1) is 18.4 Å². The second-order valence-corrected chi connectivity index (χ2v) is 4.36. The largest absolute Gasteiger partial charge is 0.481 e. The highest BCUT2D eigenvalue weighted by Gasteiger charge is 2.35. The molecule has 102 valence electrons. The van der Waals surface area contributed by atoms with Crippen molar-refractivity contribution >= 4 is 17.8 Å². The van der Waals surface area contributed by atoms with E-state index in [0.717, 1.165) is 12.8 Å². The molecule has 18 heavy (non-hydrogen) atoms. The molecule has 0 heterocycles. The summed E-state index contributed by atoms with van der Waals surface area (Å²) in [5, 5.41) is 11.5. The molecule has 0 unspecified atom stereocenters. The average molecular weight is 257 g/mol.